The Morgan fingerprint density at radius 2 is 1.61 bits per heavy atom. The zero-order valence-electron chi connectivity index (χ0n) is 15.9. The second kappa shape index (κ2) is 10.0. The van der Waals surface area contributed by atoms with E-state index in [2.05, 4.69) is 4.74 Å². The molecule has 148 valence electrons. The van der Waals surface area contributed by atoms with E-state index >= 15 is 0 Å². The Morgan fingerprint density at radius 3 is 2.11 bits per heavy atom. The lowest BCUT2D eigenvalue weighted by atomic mass is 10.1. The molecule has 0 fully saturated rings. The number of benzene rings is 2. The zero-order valence-corrected chi connectivity index (χ0v) is 15.9. The number of carbonyl (C=O) groups excluding carboxylic acids is 1. The van der Waals surface area contributed by atoms with Gasteiger partial charge < -0.3 is 24.1 Å². The summed E-state index contributed by atoms with van der Waals surface area (Å²) in [5, 5.41) is 9.01. The quantitative estimate of drug-likeness (QED) is 0.522. The van der Waals surface area contributed by atoms with Crippen molar-refractivity contribution in [2.24, 2.45) is 0 Å². The van der Waals surface area contributed by atoms with Crippen molar-refractivity contribution in [2.75, 3.05) is 21.3 Å². The Morgan fingerprint density at radius 1 is 1.00 bits per heavy atom. The fraction of sp³-hybridized carbons (Fsp3) is 0.238. The molecule has 0 aliphatic rings. The third kappa shape index (κ3) is 5.51. The molecule has 0 aliphatic carbocycles. The predicted molar refractivity (Wildman–Crippen MR) is 103 cm³/mol. The number of methoxy groups -OCH3 is 3. The van der Waals surface area contributed by atoms with Gasteiger partial charge in [-0.3, -0.25) is 4.79 Å². The number of carboxylic acid groups (broad SMARTS) is 1. The molecular formula is C21H22O7. The Bertz CT molecular complexity index is 831. The van der Waals surface area contributed by atoms with Gasteiger partial charge in [-0.1, -0.05) is 30.3 Å². The van der Waals surface area contributed by atoms with Crippen molar-refractivity contribution in [1.82, 2.24) is 0 Å². The molecule has 0 heterocycles. The van der Waals surface area contributed by atoms with Crippen molar-refractivity contribution in [3.8, 4) is 17.2 Å². The molecule has 2 rings (SSSR count). The van der Waals surface area contributed by atoms with Gasteiger partial charge in [0.05, 0.1) is 27.8 Å². The van der Waals surface area contributed by atoms with Gasteiger partial charge in [-0.15, -0.1) is 0 Å². The van der Waals surface area contributed by atoms with Gasteiger partial charge in [-0.25, -0.2) is 4.79 Å². The average Bonchev–Trinajstić information content (AvgIpc) is 2.71. The molecule has 0 saturated carbocycles. The average molecular weight is 386 g/mol. The summed E-state index contributed by atoms with van der Waals surface area (Å²) < 4.78 is 21.3. The van der Waals surface area contributed by atoms with Crippen LogP contribution in [0.15, 0.2) is 48.0 Å². The fourth-order valence-electron chi connectivity index (χ4n) is 2.53. The van der Waals surface area contributed by atoms with E-state index in [1.165, 1.54) is 27.4 Å². The number of rotatable bonds is 9. The van der Waals surface area contributed by atoms with Crippen molar-refractivity contribution in [1.29, 1.82) is 0 Å². The van der Waals surface area contributed by atoms with Crippen LogP contribution in [-0.2, 0) is 20.9 Å². The molecule has 0 bridgehead atoms. The van der Waals surface area contributed by atoms with Gasteiger partial charge in [0.15, 0.2) is 11.5 Å². The van der Waals surface area contributed by atoms with Gasteiger partial charge in [0.25, 0.3) is 0 Å². The largest absolute Gasteiger partial charge is 0.493 e. The van der Waals surface area contributed by atoms with E-state index in [4.69, 9.17) is 19.3 Å². The zero-order chi connectivity index (χ0) is 20.5. The van der Waals surface area contributed by atoms with Crippen LogP contribution in [0, 0.1) is 0 Å². The molecule has 0 unspecified atom stereocenters. The van der Waals surface area contributed by atoms with E-state index in [-0.39, 0.29) is 5.57 Å². The molecule has 7 heteroatoms. The summed E-state index contributed by atoms with van der Waals surface area (Å²) in [4.78, 5) is 22.9. The van der Waals surface area contributed by atoms with Crippen LogP contribution in [0.1, 0.15) is 17.5 Å². The maximum Gasteiger partial charge on any atom is 0.334 e. The first-order valence-corrected chi connectivity index (χ1v) is 8.42. The smallest absolute Gasteiger partial charge is 0.334 e. The molecule has 0 aromatic heterocycles. The van der Waals surface area contributed by atoms with Crippen LogP contribution in [0.5, 0.6) is 17.2 Å². The molecule has 0 radical (unpaired) electrons. The molecule has 0 saturated heterocycles. The van der Waals surface area contributed by atoms with E-state index in [1.807, 2.05) is 30.3 Å². The normalized spacial score (nSPS) is 10.9. The molecular weight excluding hydrogens is 364 g/mol. The first-order valence-electron chi connectivity index (χ1n) is 8.42. The number of hydrogen-bond donors (Lipinski definition) is 1. The van der Waals surface area contributed by atoms with Crippen molar-refractivity contribution >= 4 is 18.0 Å². The highest BCUT2D eigenvalue weighted by molar-refractivity contribution is 5.98. The molecule has 0 aliphatic heterocycles. The number of carbonyl (C=O) groups is 2. The molecule has 0 atom stereocenters. The topological polar surface area (TPSA) is 91.3 Å². The Hall–Kier alpha value is -3.48. The lowest BCUT2D eigenvalue weighted by molar-refractivity contribution is -0.141. The first kappa shape index (κ1) is 20.8. The predicted octanol–water partition coefficient (Wildman–Crippen LogP) is 3.31. The molecule has 0 amide bonds. The van der Waals surface area contributed by atoms with Crippen molar-refractivity contribution in [3.63, 3.8) is 0 Å². The van der Waals surface area contributed by atoms with Crippen LogP contribution in [0.3, 0.4) is 0 Å². The molecule has 1 N–H and O–H groups in total. The van der Waals surface area contributed by atoms with Gasteiger partial charge in [-0.05, 0) is 29.3 Å². The van der Waals surface area contributed by atoms with Gasteiger partial charge in [0, 0.05) is 5.57 Å². The SMILES string of the molecule is COC(=O)/C(=C/c1cc(OC)c(OCc2ccccc2)c(OC)c1)CC(=O)O. The maximum atomic E-state index is 11.8. The molecule has 2 aromatic rings. The standard InChI is InChI=1S/C21H22O7/c1-25-17-10-15(9-16(12-19(22)23)21(24)27-3)11-18(26-2)20(17)28-13-14-7-5-4-6-8-14/h4-11H,12-13H2,1-3H3,(H,22,23)/b16-9+. The van der Waals surface area contributed by atoms with Crippen LogP contribution in [-0.4, -0.2) is 38.4 Å². The highest BCUT2D eigenvalue weighted by Crippen LogP contribution is 2.39. The van der Waals surface area contributed by atoms with Gasteiger partial charge in [-0.2, -0.15) is 0 Å². The molecule has 0 spiro atoms. The van der Waals surface area contributed by atoms with Crippen LogP contribution < -0.4 is 14.2 Å². The minimum Gasteiger partial charge on any atom is -0.493 e. The van der Waals surface area contributed by atoms with E-state index in [0.29, 0.717) is 29.4 Å². The molecule has 7 nitrogen and oxygen atoms in total. The summed E-state index contributed by atoms with van der Waals surface area (Å²) in [6.07, 6.45) is 0.954. The third-order valence-electron chi connectivity index (χ3n) is 3.84. The van der Waals surface area contributed by atoms with E-state index < -0.39 is 18.4 Å². The summed E-state index contributed by atoms with van der Waals surface area (Å²) in [6, 6.07) is 12.9. The monoisotopic (exact) mass is 386 g/mol. The van der Waals surface area contributed by atoms with Crippen LogP contribution in [0.2, 0.25) is 0 Å². The highest BCUT2D eigenvalue weighted by atomic mass is 16.5. The maximum absolute atomic E-state index is 11.8. The first-order chi connectivity index (χ1) is 13.5. The van der Waals surface area contributed by atoms with Crippen molar-refractivity contribution in [3.05, 3.63) is 59.2 Å². The minimum atomic E-state index is -1.14. The van der Waals surface area contributed by atoms with Crippen LogP contribution in [0.25, 0.3) is 6.08 Å². The van der Waals surface area contributed by atoms with Crippen LogP contribution in [0.4, 0.5) is 0 Å². The number of hydrogen-bond acceptors (Lipinski definition) is 6. The van der Waals surface area contributed by atoms with Crippen LogP contribution >= 0.6 is 0 Å². The number of aliphatic carboxylic acids is 1. The summed E-state index contributed by atoms with van der Waals surface area (Å²) in [5.74, 6) is -0.672. The number of esters is 1. The summed E-state index contributed by atoms with van der Waals surface area (Å²) in [6.45, 7) is 0.315. The van der Waals surface area contributed by atoms with Crippen molar-refractivity contribution in [2.45, 2.75) is 13.0 Å². The second-order valence-corrected chi connectivity index (χ2v) is 5.76. The lowest BCUT2D eigenvalue weighted by Crippen LogP contribution is -2.09. The van der Waals surface area contributed by atoms with Crippen molar-refractivity contribution < 1.29 is 33.6 Å². The Labute approximate surface area is 163 Å². The van der Waals surface area contributed by atoms with E-state index in [1.54, 1.807) is 12.1 Å². The Kier molecular flexibility index (Phi) is 7.45. The van der Waals surface area contributed by atoms with Gasteiger partial charge >= 0.3 is 11.9 Å². The number of ether oxygens (including phenoxy) is 4. The summed E-state index contributed by atoms with van der Waals surface area (Å²) >= 11 is 0. The lowest BCUT2D eigenvalue weighted by Gasteiger charge is -2.16. The summed E-state index contributed by atoms with van der Waals surface area (Å²) in [5.41, 5.74) is 1.49. The number of carboxylic acids is 1. The second-order valence-electron chi connectivity index (χ2n) is 5.76. The Balaban J connectivity index is 2.38. The molecule has 28 heavy (non-hydrogen) atoms. The van der Waals surface area contributed by atoms with Gasteiger partial charge in [0.2, 0.25) is 5.75 Å². The summed E-state index contributed by atoms with van der Waals surface area (Å²) in [7, 11) is 4.16. The minimum absolute atomic E-state index is 0.00272. The third-order valence-corrected chi connectivity index (χ3v) is 3.84. The fourth-order valence-corrected chi connectivity index (χ4v) is 2.53. The van der Waals surface area contributed by atoms with E-state index in [0.717, 1.165) is 5.56 Å². The molecule has 2 aromatic carbocycles. The highest BCUT2D eigenvalue weighted by Gasteiger charge is 2.17. The van der Waals surface area contributed by atoms with Gasteiger partial charge in [0.1, 0.15) is 6.61 Å². The van der Waals surface area contributed by atoms with E-state index in [9.17, 15) is 9.59 Å².